The van der Waals surface area contributed by atoms with Crippen LogP contribution in [0.25, 0.3) is 0 Å². The number of carbonyl (C=O) groups is 2. The molecule has 0 spiro atoms. The van der Waals surface area contributed by atoms with E-state index in [0.29, 0.717) is 50.3 Å². The summed E-state index contributed by atoms with van der Waals surface area (Å²) in [5, 5.41) is 0. The van der Waals surface area contributed by atoms with Crippen molar-refractivity contribution in [1.82, 2.24) is 4.90 Å². The molecule has 7 heteroatoms. The maximum absolute atomic E-state index is 12.9. The number of nitrogens with zero attached hydrogens (tertiary/aromatic N) is 1. The van der Waals surface area contributed by atoms with Crippen molar-refractivity contribution in [3.63, 3.8) is 0 Å². The third-order valence-corrected chi connectivity index (χ3v) is 4.79. The molecule has 1 aliphatic rings. The summed E-state index contributed by atoms with van der Waals surface area (Å²) < 4.78 is 21.5. The molecule has 0 bridgehead atoms. The van der Waals surface area contributed by atoms with Gasteiger partial charge in [-0.25, -0.2) is 4.79 Å². The van der Waals surface area contributed by atoms with E-state index >= 15 is 0 Å². The van der Waals surface area contributed by atoms with E-state index in [-0.39, 0.29) is 18.1 Å². The highest BCUT2D eigenvalue weighted by atomic mass is 16.6. The van der Waals surface area contributed by atoms with Crippen molar-refractivity contribution in [1.29, 1.82) is 0 Å². The first-order valence-electron chi connectivity index (χ1n) is 10.1. The Hall–Kier alpha value is -2.44. The molecule has 0 saturated heterocycles. The van der Waals surface area contributed by atoms with E-state index in [1.807, 2.05) is 32.9 Å². The van der Waals surface area contributed by atoms with Crippen LogP contribution in [0.4, 0.5) is 4.79 Å². The van der Waals surface area contributed by atoms with E-state index in [1.165, 1.54) is 0 Å². The lowest BCUT2D eigenvalue weighted by Crippen LogP contribution is -2.43. The Morgan fingerprint density at radius 3 is 2.38 bits per heavy atom. The molecule has 1 atom stereocenters. The zero-order chi connectivity index (χ0) is 21.6. The third-order valence-electron chi connectivity index (χ3n) is 4.79. The summed E-state index contributed by atoms with van der Waals surface area (Å²) in [5.74, 6) is 1.06. The van der Waals surface area contributed by atoms with Crippen molar-refractivity contribution in [3.05, 3.63) is 23.3 Å². The van der Waals surface area contributed by atoms with E-state index in [0.717, 1.165) is 11.1 Å². The average molecular weight is 408 g/mol. The SMILES string of the molecule is CCOC(=O)CCC[C@H]1c2cc(OC)c(OC)cc2CCN1C(=O)OC(C)(C)C. The molecule has 1 aromatic carbocycles. The number of ether oxygens (including phenoxy) is 4. The molecular formula is C22H33NO6. The third kappa shape index (κ3) is 6.02. The minimum absolute atomic E-state index is 0.206. The van der Waals surface area contributed by atoms with Crippen molar-refractivity contribution in [2.75, 3.05) is 27.4 Å². The number of benzene rings is 1. The number of rotatable bonds is 7. The first-order valence-corrected chi connectivity index (χ1v) is 10.1. The minimum Gasteiger partial charge on any atom is -0.493 e. The van der Waals surface area contributed by atoms with Crippen LogP contribution in [0.15, 0.2) is 12.1 Å². The van der Waals surface area contributed by atoms with Crippen LogP contribution in [0.2, 0.25) is 0 Å². The van der Waals surface area contributed by atoms with Gasteiger partial charge < -0.3 is 23.8 Å². The number of carbonyl (C=O) groups excluding carboxylic acids is 2. The van der Waals surface area contributed by atoms with E-state index in [9.17, 15) is 9.59 Å². The summed E-state index contributed by atoms with van der Waals surface area (Å²) in [4.78, 5) is 26.4. The predicted octanol–water partition coefficient (Wildman–Crippen LogP) is 4.27. The monoisotopic (exact) mass is 407 g/mol. The molecule has 7 nitrogen and oxygen atoms in total. The molecule has 0 saturated carbocycles. The minimum atomic E-state index is -0.579. The van der Waals surface area contributed by atoms with Gasteiger partial charge in [-0.3, -0.25) is 4.79 Å². The summed E-state index contributed by atoms with van der Waals surface area (Å²) >= 11 is 0. The van der Waals surface area contributed by atoms with Gasteiger partial charge in [0, 0.05) is 13.0 Å². The predicted molar refractivity (Wildman–Crippen MR) is 109 cm³/mol. The Morgan fingerprint density at radius 2 is 1.79 bits per heavy atom. The Kier molecular flexibility index (Phi) is 7.76. The number of methoxy groups -OCH3 is 2. The standard InChI is InChI=1S/C22H33NO6/c1-7-28-20(24)10-8-9-17-16-14-19(27-6)18(26-5)13-15(16)11-12-23(17)21(25)29-22(2,3)4/h13-14,17H,7-12H2,1-6H3/t17-/m0/s1. The summed E-state index contributed by atoms with van der Waals surface area (Å²) in [6.07, 6.45) is 1.90. The first-order chi connectivity index (χ1) is 13.7. The van der Waals surface area contributed by atoms with Crippen LogP contribution in [-0.2, 0) is 20.7 Å². The fourth-order valence-corrected chi connectivity index (χ4v) is 3.55. The van der Waals surface area contributed by atoms with E-state index < -0.39 is 5.60 Å². The highest BCUT2D eigenvalue weighted by molar-refractivity contribution is 5.70. The van der Waals surface area contributed by atoms with Gasteiger partial charge in [0.25, 0.3) is 0 Å². The van der Waals surface area contributed by atoms with Gasteiger partial charge in [-0.05, 0) is 70.2 Å². The fourth-order valence-electron chi connectivity index (χ4n) is 3.55. The van der Waals surface area contributed by atoms with Gasteiger partial charge in [0.2, 0.25) is 0 Å². The molecule has 2 rings (SSSR count). The molecule has 1 aromatic rings. The molecule has 29 heavy (non-hydrogen) atoms. The second kappa shape index (κ2) is 9.85. The molecule has 0 aromatic heterocycles. The molecule has 1 aliphatic heterocycles. The van der Waals surface area contributed by atoms with Crippen LogP contribution in [0.5, 0.6) is 11.5 Å². The molecule has 0 fully saturated rings. The Bertz CT molecular complexity index is 725. The van der Waals surface area contributed by atoms with Gasteiger partial charge in [0.1, 0.15) is 5.60 Å². The number of fused-ring (bicyclic) bond motifs is 1. The average Bonchev–Trinajstić information content (AvgIpc) is 2.65. The molecule has 0 radical (unpaired) electrons. The molecule has 0 N–H and O–H groups in total. The highest BCUT2D eigenvalue weighted by Crippen LogP contribution is 2.40. The summed E-state index contributed by atoms with van der Waals surface area (Å²) in [5.41, 5.74) is 1.54. The lowest BCUT2D eigenvalue weighted by atomic mass is 9.89. The molecule has 162 valence electrons. The Morgan fingerprint density at radius 1 is 1.14 bits per heavy atom. The van der Waals surface area contributed by atoms with Gasteiger partial charge in [0.05, 0.1) is 26.9 Å². The van der Waals surface area contributed by atoms with Gasteiger partial charge >= 0.3 is 12.1 Å². The first kappa shape index (κ1) is 22.8. The van der Waals surface area contributed by atoms with E-state index in [2.05, 4.69) is 0 Å². The van der Waals surface area contributed by atoms with Crippen LogP contribution in [0, 0.1) is 0 Å². The van der Waals surface area contributed by atoms with Crippen molar-refractivity contribution < 1.29 is 28.5 Å². The van der Waals surface area contributed by atoms with Crippen LogP contribution in [-0.4, -0.2) is 49.9 Å². The summed E-state index contributed by atoms with van der Waals surface area (Å²) in [7, 11) is 3.20. The van der Waals surface area contributed by atoms with Gasteiger partial charge in [-0.15, -0.1) is 0 Å². The van der Waals surface area contributed by atoms with Gasteiger partial charge in [-0.2, -0.15) is 0 Å². The second-order valence-electron chi connectivity index (χ2n) is 8.04. The van der Waals surface area contributed by atoms with Gasteiger partial charge in [0.15, 0.2) is 11.5 Å². The smallest absolute Gasteiger partial charge is 0.410 e. The zero-order valence-corrected chi connectivity index (χ0v) is 18.4. The van der Waals surface area contributed by atoms with Crippen molar-refractivity contribution in [2.24, 2.45) is 0 Å². The molecular weight excluding hydrogens is 374 g/mol. The maximum Gasteiger partial charge on any atom is 0.410 e. The van der Waals surface area contributed by atoms with Gasteiger partial charge in [-0.1, -0.05) is 0 Å². The fraction of sp³-hybridized carbons (Fsp3) is 0.636. The summed E-state index contributed by atoms with van der Waals surface area (Å²) in [6.45, 7) is 8.26. The number of hydrogen-bond acceptors (Lipinski definition) is 6. The van der Waals surface area contributed by atoms with Crippen LogP contribution in [0.1, 0.15) is 64.1 Å². The van der Waals surface area contributed by atoms with Crippen LogP contribution >= 0.6 is 0 Å². The van der Waals surface area contributed by atoms with Crippen LogP contribution < -0.4 is 9.47 Å². The highest BCUT2D eigenvalue weighted by Gasteiger charge is 2.34. The molecule has 1 amide bonds. The summed E-state index contributed by atoms with van der Waals surface area (Å²) in [6, 6.07) is 3.70. The Labute approximate surface area is 173 Å². The topological polar surface area (TPSA) is 74.3 Å². The van der Waals surface area contributed by atoms with Crippen molar-refractivity contribution in [3.8, 4) is 11.5 Å². The lowest BCUT2D eigenvalue weighted by molar-refractivity contribution is -0.143. The van der Waals surface area contributed by atoms with Crippen molar-refractivity contribution >= 4 is 12.1 Å². The maximum atomic E-state index is 12.9. The van der Waals surface area contributed by atoms with E-state index in [4.69, 9.17) is 18.9 Å². The van der Waals surface area contributed by atoms with Crippen molar-refractivity contribution in [2.45, 2.75) is 65.0 Å². The number of amides is 1. The van der Waals surface area contributed by atoms with E-state index in [1.54, 1.807) is 26.0 Å². The number of esters is 1. The molecule has 1 heterocycles. The second-order valence-corrected chi connectivity index (χ2v) is 8.04. The lowest BCUT2D eigenvalue weighted by Gasteiger charge is -2.38. The van der Waals surface area contributed by atoms with Crippen LogP contribution in [0.3, 0.4) is 0 Å². The number of hydrogen-bond donors (Lipinski definition) is 0. The Balaban J connectivity index is 2.31. The normalized spacial score (nSPS) is 16.1. The zero-order valence-electron chi connectivity index (χ0n) is 18.4. The molecule has 0 unspecified atom stereocenters. The molecule has 0 aliphatic carbocycles. The quantitative estimate of drug-likeness (QED) is 0.629. The largest absolute Gasteiger partial charge is 0.493 e.